The summed E-state index contributed by atoms with van der Waals surface area (Å²) in [7, 11) is 0. The monoisotopic (exact) mass is 366 g/mol. The van der Waals surface area contributed by atoms with Gasteiger partial charge in [-0.05, 0) is 36.5 Å². The van der Waals surface area contributed by atoms with Gasteiger partial charge >= 0.3 is 0 Å². The third-order valence-electron chi connectivity index (χ3n) is 6.12. The van der Waals surface area contributed by atoms with E-state index >= 15 is 0 Å². The lowest BCUT2D eigenvalue weighted by atomic mass is 9.71. The minimum Gasteiger partial charge on any atom is -0.508 e. The highest BCUT2D eigenvalue weighted by atomic mass is 16.3. The molecule has 2 aromatic carbocycles. The van der Waals surface area contributed by atoms with E-state index < -0.39 is 0 Å². The Hall–Kier alpha value is -1.76. The predicted molar refractivity (Wildman–Crippen MR) is 118 cm³/mol. The Labute approximate surface area is 166 Å². The molecule has 0 heterocycles. The van der Waals surface area contributed by atoms with Crippen LogP contribution in [-0.4, -0.2) is 5.11 Å². The van der Waals surface area contributed by atoms with E-state index in [1.54, 1.807) is 0 Å². The first kappa shape index (κ1) is 21.5. The second kappa shape index (κ2) is 11.2. The summed E-state index contributed by atoms with van der Waals surface area (Å²) in [5, 5.41) is 10.5. The Morgan fingerprint density at radius 1 is 0.704 bits per heavy atom. The van der Waals surface area contributed by atoms with Crippen LogP contribution in [0.1, 0.15) is 95.2 Å². The van der Waals surface area contributed by atoms with Crippen LogP contribution in [0.3, 0.4) is 0 Å². The molecule has 0 saturated heterocycles. The van der Waals surface area contributed by atoms with E-state index in [9.17, 15) is 5.11 Å². The van der Waals surface area contributed by atoms with Crippen LogP contribution in [-0.2, 0) is 11.8 Å². The number of aryl methyl sites for hydroxylation is 1. The van der Waals surface area contributed by atoms with Crippen molar-refractivity contribution in [2.24, 2.45) is 0 Å². The number of benzene rings is 2. The van der Waals surface area contributed by atoms with Gasteiger partial charge in [-0.2, -0.15) is 0 Å². The number of rotatable bonds is 12. The molecule has 0 aliphatic heterocycles. The number of unbranched alkanes of at least 4 members (excludes halogenated alkanes) is 7. The highest BCUT2D eigenvalue weighted by Crippen LogP contribution is 2.41. The van der Waals surface area contributed by atoms with Gasteiger partial charge in [0, 0.05) is 11.0 Å². The van der Waals surface area contributed by atoms with E-state index in [4.69, 9.17) is 0 Å². The van der Waals surface area contributed by atoms with Crippen LogP contribution in [0.15, 0.2) is 48.5 Å². The van der Waals surface area contributed by atoms with Crippen molar-refractivity contribution >= 4 is 0 Å². The van der Waals surface area contributed by atoms with Crippen LogP contribution >= 0.6 is 0 Å². The first-order valence-electron chi connectivity index (χ1n) is 11.0. The quantitative estimate of drug-likeness (QED) is 0.380. The molecule has 1 heteroatoms. The van der Waals surface area contributed by atoms with E-state index in [2.05, 4.69) is 51.1 Å². The summed E-state index contributed by atoms with van der Waals surface area (Å²) in [6, 6.07) is 16.7. The van der Waals surface area contributed by atoms with E-state index in [0.717, 1.165) is 18.4 Å². The fraction of sp³-hybridized carbons (Fsp3) is 0.538. The van der Waals surface area contributed by atoms with Gasteiger partial charge in [-0.1, -0.05) is 108 Å². The highest BCUT2D eigenvalue weighted by molar-refractivity contribution is 5.48. The number of phenols is 1. The van der Waals surface area contributed by atoms with Crippen LogP contribution in [0.4, 0.5) is 0 Å². The fourth-order valence-electron chi connectivity index (χ4n) is 4.19. The van der Waals surface area contributed by atoms with Crippen molar-refractivity contribution in [3.05, 3.63) is 65.2 Å². The molecule has 0 aromatic heterocycles. The third kappa shape index (κ3) is 5.86. The topological polar surface area (TPSA) is 20.2 Å². The second-order valence-electron chi connectivity index (χ2n) is 8.08. The van der Waals surface area contributed by atoms with E-state index in [-0.39, 0.29) is 5.41 Å². The van der Waals surface area contributed by atoms with Gasteiger partial charge in [-0.15, -0.1) is 0 Å². The summed E-state index contributed by atoms with van der Waals surface area (Å²) in [5.41, 5.74) is 3.70. The minimum absolute atomic E-state index is 0.151. The van der Waals surface area contributed by atoms with Crippen molar-refractivity contribution in [3.8, 4) is 5.75 Å². The number of phenolic OH excluding ortho intramolecular Hbond substituents is 1. The van der Waals surface area contributed by atoms with Gasteiger partial charge in [0.1, 0.15) is 5.75 Å². The lowest BCUT2D eigenvalue weighted by Gasteiger charge is -2.32. The van der Waals surface area contributed by atoms with Crippen molar-refractivity contribution in [2.45, 2.75) is 90.4 Å². The van der Waals surface area contributed by atoms with Crippen molar-refractivity contribution in [2.75, 3.05) is 0 Å². The number of aromatic hydroxyl groups is 1. The smallest absolute Gasteiger partial charge is 0.119 e. The van der Waals surface area contributed by atoms with Crippen molar-refractivity contribution in [3.63, 3.8) is 0 Å². The molecule has 0 saturated carbocycles. The van der Waals surface area contributed by atoms with Gasteiger partial charge in [0.05, 0.1) is 0 Å². The SMILES string of the molecule is CCCCCCCCCCc1ccccc1C(C)(CC)c1ccccc1O. The Morgan fingerprint density at radius 2 is 1.26 bits per heavy atom. The average molecular weight is 367 g/mol. The largest absolute Gasteiger partial charge is 0.508 e. The molecular formula is C26H38O. The van der Waals surface area contributed by atoms with Crippen molar-refractivity contribution < 1.29 is 5.11 Å². The maximum absolute atomic E-state index is 10.5. The lowest BCUT2D eigenvalue weighted by molar-refractivity contribution is 0.440. The molecule has 0 fully saturated rings. The molecule has 0 aliphatic carbocycles. The number of hydrogen-bond acceptors (Lipinski definition) is 1. The first-order chi connectivity index (χ1) is 13.1. The van der Waals surface area contributed by atoms with Gasteiger partial charge in [-0.25, -0.2) is 0 Å². The zero-order valence-corrected chi connectivity index (χ0v) is 17.6. The molecule has 0 bridgehead atoms. The standard InChI is InChI=1S/C26H38O/c1-4-6-7-8-9-10-11-12-17-22-18-13-14-19-23(22)26(3,5-2)24-20-15-16-21-25(24)27/h13-16,18-21,27H,4-12,17H2,1-3H3. The summed E-state index contributed by atoms with van der Waals surface area (Å²) in [5.74, 6) is 0.406. The molecule has 2 aromatic rings. The summed E-state index contributed by atoms with van der Waals surface area (Å²) < 4.78 is 0. The number of para-hydroxylation sites is 1. The van der Waals surface area contributed by atoms with E-state index in [1.807, 2.05) is 18.2 Å². The van der Waals surface area contributed by atoms with Crippen LogP contribution in [0.25, 0.3) is 0 Å². The van der Waals surface area contributed by atoms with Gasteiger partial charge in [0.15, 0.2) is 0 Å². The maximum Gasteiger partial charge on any atom is 0.119 e. The second-order valence-corrected chi connectivity index (χ2v) is 8.08. The third-order valence-corrected chi connectivity index (χ3v) is 6.12. The normalized spacial score (nSPS) is 13.4. The Kier molecular flexibility index (Phi) is 8.91. The van der Waals surface area contributed by atoms with Crippen LogP contribution in [0, 0.1) is 0 Å². The van der Waals surface area contributed by atoms with E-state index in [1.165, 1.54) is 62.5 Å². The molecule has 1 unspecified atom stereocenters. The van der Waals surface area contributed by atoms with Gasteiger partial charge in [0.2, 0.25) is 0 Å². The van der Waals surface area contributed by atoms with Crippen LogP contribution in [0.5, 0.6) is 5.75 Å². The average Bonchev–Trinajstić information content (AvgIpc) is 2.70. The van der Waals surface area contributed by atoms with Crippen LogP contribution in [0.2, 0.25) is 0 Å². The van der Waals surface area contributed by atoms with Crippen molar-refractivity contribution in [1.29, 1.82) is 0 Å². The van der Waals surface area contributed by atoms with Gasteiger partial charge < -0.3 is 5.11 Å². The highest BCUT2D eigenvalue weighted by Gasteiger charge is 2.31. The summed E-state index contributed by atoms with van der Waals surface area (Å²) in [6.07, 6.45) is 12.9. The number of hydrogen-bond donors (Lipinski definition) is 1. The van der Waals surface area contributed by atoms with Crippen LogP contribution < -0.4 is 0 Å². The first-order valence-corrected chi connectivity index (χ1v) is 11.0. The zero-order valence-electron chi connectivity index (χ0n) is 17.6. The lowest BCUT2D eigenvalue weighted by Crippen LogP contribution is -2.24. The molecule has 1 atom stereocenters. The minimum atomic E-state index is -0.151. The summed E-state index contributed by atoms with van der Waals surface area (Å²) in [6.45, 7) is 6.77. The molecule has 27 heavy (non-hydrogen) atoms. The Bertz CT molecular complexity index is 675. The molecular weight excluding hydrogens is 328 g/mol. The molecule has 2 rings (SSSR count). The molecule has 0 amide bonds. The molecule has 1 N–H and O–H groups in total. The van der Waals surface area contributed by atoms with Gasteiger partial charge in [0.25, 0.3) is 0 Å². The molecule has 148 valence electrons. The van der Waals surface area contributed by atoms with Crippen molar-refractivity contribution in [1.82, 2.24) is 0 Å². The van der Waals surface area contributed by atoms with Gasteiger partial charge in [-0.3, -0.25) is 0 Å². The summed E-state index contributed by atoms with van der Waals surface area (Å²) >= 11 is 0. The predicted octanol–water partition coefficient (Wildman–Crippen LogP) is 7.79. The maximum atomic E-state index is 10.5. The molecule has 0 spiro atoms. The molecule has 0 aliphatic rings. The van der Waals surface area contributed by atoms with E-state index in [0.29, 0.717) is 5.75 Å². The summed E-state index contributed by atoms with van der Waals surface area (Å²) in [4.78, 5) is 0. The Balaban J connectivity index is 2.03. The molecule has 1 nitrogen and oxygen atoms in total. The Morgan fingerprint density at radius 3 is 1.89 bits per heavy atom. The zero-order chi connectivity index (χ0) is 19.5. The fourth-order valence-corrected chi connectivity index (χ4v) is 4.19. The molecule has 0 radical (unpaired) electrons.